The lowest BCUT2D eigenvalue weighted by Crippen LogP contribution is -2.28. The molecule has 0 fully saturated rings. The number of hydrogen-bond donors (Lipinski definition) is 0. The average molecular weight is 444 g/mol. The second-order valence-electron chi connectivity index (χ2n) is 8.00. The van der Waals surface area contributed by atoms with Gasteiger partial charge in [0.05, 0.1) is 18.4 Å². The van der Waals surface area contributed by atoms with E-state index >= 15 is 0 Å². The summed E-state index contributed by atoms with van der Waals surface area (Å²) in [6.45, 7) is 3.64. The maximum atomic E-state index is 12.7. The maximum absolute atomic E-state index is 12.7. The Morgan fingerprint density at radius 1 is 1.25 bits per heavy atom. The summed E-state index contributed by atoms with van der Waals surface area (Å²) in [7, 11) is 3.71. The van der Waals surface area contributed by atoms with Gasteiger partial charge in [-0.1, -0.05) is 53.7 Å². The van der Waals surface area contributed by atoms with E-state index in [1.807, 2.05) is 55.5 Å². The number of aromatic nitrogens is 1. The highest BCUT2D eigenvalue weighted by Crippen LogP contribution is 2.38. The van der Waals surface area contributed by atoms with Crippen molar-refractivity contribution in [3.05, 3.63) is 76.5 Å². The summed E-state index contributed by atoms with van der Waals surface area (Å²) in [6, 6.07) is 17.7. The molecule has 0 saturated carbocycles. The van der Waals surface area contributed by atoms with Crippen molar-refractivity contribution >= 4 is 17.5 Å². The molecule has 0 saturated heterocycles. The highest BCUT2D eigenvalue weighted by molar-refractivity contribution is 8.00. The van der Waals surface area contributed by atoms with Gasteiger partial charge in [0, 0.05) is 36.3 Å². The third-order valence-electron chi connectivity index (χ3n) is 5.69. The molecule has 1 aromatic heterocycles. The van der Waals surface area contributed by atoms with E-state index < -0.39 is 0 Å². The van der Waals surface area contributed by atoms with Crippen molar-refractivity contribution in [3.8, 4) is 22.9 Å². The first-order chi connectivity index (χ1) is 15.5. The summed E-state index contributed by atoms with van der Waals surface area (Å²) in [5.74, 6) is 1.01. The SMILES string of the molecule is COc1cccc(-c2c(C#N)c(SCC(=O)c3ccc(C)cc3)nc3c2CN(C)CC3)c1. The molecule has 0 amide bonds. The first-order valence-corrected chi connectivity index (χ1v) is 11.5. The first kappa shape index (κ1) is 22.1. The molecular weight excluding hydrogens is 418 g/mol. The van der Waals surface area contributed by atoms with Gasteiger partial charge in [-0.25, -0.2) is 4.98 Å². The van der Waals surface area contributed by atoms with Gasteiger partial charge in [-0.3, -0.25) is 4.79 Å². The second-order valence-corrected chi connectivity index (χ2v) is 8.97. The Balaban J connectivity index is 1.75. The molecule has 32 heavy (non-hydrogen) atoms. The Kier molecular flexibility index (Phi) is 6.59. The number of ether oxygens (including phenoxy) is 1. The van der Waals surface area contributed by atoms with Gasteiger partial charge in [-0.05, 0) is 37.2 Å². The fourth-order valence-electron chi connectivity index (χ4n) is 3.93. The van der Waals surface area contributed by atoms with Crippen LogP contribution in [0.2, 0.25) is 0 Å². The highest BCUT2D eigenvalue weighted by atomic mass is 32.2. The van der Waals surface area contributed by atoms with Gasteiger partial charge in [0.15, 0.2) is 5.78 Å². The number of fused-ring (bicyclic) bond motifs is 1. The molecule has 0 atom stereocenters. The number of benzene rings is 2. The van der Waals surface area contributed by atoms with Crippen LogP contribution >= 0.6 is 11.8 Å². The minimum Gasteiger partial charge on any atom is -0.497 e. The smallest absolute Gasteiger partial charge is 0.173 e. The minimum atomic E-state index is 0.0288. The number of hydrogen-bond acceptors (Lipinski definition) is 6. The molecule has 5 nitrogen and oxygen atoms in total. The monoisotopic (exact) mass is 443 g/mol. The van der Waals surface area contributed by atoms with Crippen LogP contribution < -0.4 is 4.74 Å². The van der Waals surface area contributed by atoms with Crippen molar-refractivity contribution in [2.24, 2.45) is 0 Å². The van der Waals surface area contributed by atoms with E-state index in [0.717, 1.165) is 53.2 Å². The molecule has 2 heterocycles. The minimum absolute atomic E-state index is 0.0288. The average Bonchev–Trinajstić information content (AvgIpc) is 2.82. The van der Waals surface area contributed by atoms with Crippen molar-refractivity contribution in [1.82, 2.24) is 9.88 Å². The summed E-state index contributed by atoms with van der Waals surface area (Å²) in [5, 5.41) is 10.8. The molecule has 1 aliphatic rings. The van der Waals surface area contributed by atoms with Crippen molar-refractivity contribution < 1.29 is 9.53 Å². The third kappa shape index (κ3) is 4.55. The number of nitriles is 1. The molecule has 0 aliphatic carbocycles. The van der Waals surface area contributed by atoms with Crippen LogP contribution in [-0.2, 0) is 13.0 Å². The molecular formula is C26H25N3O2S. The predicted molar refractivity (Wildman–Crippen MR) is 127 cm³/mol. The summed E-state index contributed by atoms with van der Waals surface area (Å²) in [4.78, 5) is 19.8. The van der Waals surface area contributed by atoms with E-state index in [1.165, 1.54) is 11.8 Å². The third-order valence-corrected chi connectivity index (χ3v) is 6.67. The zero-order valence-corrected chi connectivity index (χ0v) is 19.3. The quantitative estimate of drug-likeness (QED) is 0.399. The Morgan fingerprint density at radius 2 is 2.03 bits per heavy atom. The summed E-state index contributed by atoms with van der Waals surface area (Å²) >= 11 is 1.34. The van der Waals surface area contributed by atoms with Crippen LogP contribution in [0.4, 0.5) is 0 Å². The lowest BCUT2D eigenvalue weighted by atomic mass is 9.91. The number of rotatable bonds is 6. The zero-order chi connectivity index (χ0) is 22.7. The van der Waals surface area contributed by atoms with E-state index in [0.29, 0.717) is 16.2 Å². The number of likely N-dealkylation sites (N-methyl/N-ethyl adjacent to an activating group) is 1. The standard InChI is InChI=1S/C26H25N3O2S/c1-17-7-9-18(10-8-17)24(30)16-32-26-21(14-27)25(19-5-4-6-20(13-19)31-3)22-15-29(2)12-11-23(22)28-26/h4-10,13H,11-12,15-16H2,1-3H3. The molecule has 4 rings (SSSR count). The number of aryl methyl sites for hydroxylation is 1. The first-order valence-electron chi connectivity index (χ1n) is 10.5. The summed E-state index contributed by atoms with van der Waals surface area (Å²) in [6.07, 6.45) is 0.813. The van der Waals surface area contributed by atoms with Gasteiger partial charge in [0.2, 0.25) is 0 Å². The molecule has 2 aromatic carbocycles. The lowest BCUT2D eigenvalue weighted by molar-refractivity contribution is 0.102. The summed E-state index contributed by atoms with van der Waals surface area (Å²) in [5.41, 5.74) is 6.23. The molecule has 1 aliphatic heterocycles. The van der Waals surface area contributed by atoms with Crippen molar-refractivity contribution in [1.29, 1.82) is 5.26 Å². The molecule has 0 spiro atoms. The van der Waals surface area contributed by atoms with Crippen molar-refractivity contribution in [2.45, 2.75) is 24.9 Å². The van der Waals surface area contributed by atoms with Crippen LogP contribution in [0.1, 0.15) is 32.7 Å². The Labute approximate surface area is 193 Å². The number of methoxy groups -OCH3 is 1. The Bertz CT molecular complexity index is 1200. The van der Waals surface area contributed by atoms with E-state index in [1.54, 1.807) is 7.11 Å². The van der Waals surface area contributed by atoms with Crippen molar-refractivity contribution in [2.75, 3.05) is 26.5 Å². The molecule has 6 heteroatoms. The van der Waals surface area contributed by atoms with E-state index in [-0.39, 0.29) is 11.5 Å². The highest BCUT2D eigenvalue weighted by Gasteiger charge is 2.25. The molecule has 0 unspecified atom stereocenters. The number of thioether (sulfide) groups is 1. The second kappa shape index (κ2) is 9.56. The molecule has 0 N–H and O–H groups in total. The van der Waals surface area contributed by atoms with Crippen LogP contribution in [-0.4, -0.2) is 42.1 Å². The van der Waals surface area contributed by atoms with Crippen molar-refractivity contribution in [3.63, 3.8) is 0 Å². The van der Waals surface area contributed by atoms with Gasteiger partial charge in [-0.2, -0.15) is 5.26 Å². The molecule has 0 radical (unpaired) electrons. The molecule has 0 bridgehead atoms. The largest absolute Gasteiger partial charge is 0.497 e. The summed E-state index contributed by atoms with van der Waals surface area (Å²) < 4.78 is 5.42. The molecule has 3 aromatic rings. The van der Waals surface area contributed by atoms with E-state index in [9.17, 15) is 10.1 Å². The number of pyridine rings is 1. The topological polar surface area (TPSA) is 66.2 Å². The normalized spacial score (nSPS) is 13.3. The van der Waals surface area contributed by atoms with Gasteiger partial charge in [0.1, 0.15) is 16.8 Å². The lowest BCUT2D eigenvalue weighted by Gasteiger charge is -2.28. The molecule has 162 valence electrons. The van der Waals surface area contributed by atoms with Gasteiger partial charge < -0.3 is 9.64 Å². The van der Waals surface area contributed by atoms with E-state index in [4.69, 9.17) is 9.72 Å². The van der Waals surface area contributed by atoms with Crippen LogP contribution in [0, 0.1) is 18.3 Å². The maximum Gasteiger partial charge on any atom is 0.173 e. The number of nitrogens with zero attached hydrogens (tertiary/aromatic N) is 3. The fourth-order valence-corrected chi connectivity index (χ4v) is 4.83. The van der Waals surface area contributed by atoms with Gasteiger partial charge in [-0.15, -0.1) is 0 Å². The van der Waals surface area contributed by atoms with Gasteiger partial charge in [0.25, 0.3) is 0 Å². The Hall–Kier alpha value is -3.14. The van der Waals surface area contributed by atoms with Crippen LogP contribution in [0.25, 0.3) is 11.1 Å². The van der Waals surface area contributed by atoms with Gasteiger partial charge >= 0.3 is 0 Å². The van der Waals surface area contributed by atoms with E-state index in [2.05, 4.69) is 18.0 Å². The number of carbonyl (C=O) groups is 1. The zero-order valence-electron chi connectivity index (χ0n) is 18.5. The number of ketones is 1. The van der Waals surface area contributed by atoms with Crippen LogP contribution in [0.3, 0.4) is 0 Å². The van der Waals surface area contributed by atoms with Crippen LogP contribution in [0.15, 0.2) is 53.6 Å². The fraction of sp³-hybridized carbons (Fsp3) is 0.269. The number of Topliss-reactive ketones (excluding diaryl/α,β-unsaturated/α-hetero) is 1. The number of carbonyl (C=O) groups excluding carboxylic acids is 1. The Morgan fingerprint density at radius 3 is 2.75 bits per heavy atom. The predicted octanol–water partition coefficient (Wildman–Crippen LogP) is 4.90. The van der Waals surface area contributed by atoms with Crippen LogP contribution in [0.5, 0.6) is 5.75 Å².